The van der Waals surface area contributed by atoms with E-state index >= 15 is 0 Å². The Hall–Kier alpha value is -1.31. The minimum atomic E-state index is -5.11. The number of rotatable bonds is 2. The van der Waals surface area contributed by atoms with Crippen LogP contribution in [-0.2, 0) is 11.2 Å². The third kappa shape index (κ3) is 3.32. The van der Waals surface area contributed by atoms with Crippen molar-refractivity contribution in [2.45, 2.75) is 10.4 Å². The molecule has 0 fully saturated rings. The van der Waals surface area contributed by atoms with E-state index in [0.717, 1.165) is 4.68 Å². The lowest BCUT2D eigenvalue weighted by Gasteiger charge is -2.12. The largest absolute Gasteiger partial charge is 0.604 e. The number of hydrogen-bond donors (Lipinski definition) is 1. The molecule has 1 unspecified atom stereocenters. The van der Waals surface area contributed by atoms with E-state index in [-0.39, 0.29) is 20.8 Å². The summed E-state index contributed by atoms with van der Waals surface area (Å²) in [6.45, 7) is 0. The molecule has 0 radical (unpaired) electrons. The van der Waals surface area contributed by atoms with Gasteiger partial charge in [-0.15, -0.1) is 18.3 Å². The van der Waals surface area contributed by atoms with E-state index < -0.39 is 33.1 Å². The van der Waals surface area contributed by atoms with Crippen molar-refractivity contribution in [2.24, 2.45) is 0 Å². The van der Waals surface area contributed by atoms with Gasteiger partial charge in [0.2, 0.25) is 10.6 Å². The fraction of sp³-hybridized carbons (Fsp3) is 0.0909. The Kier molecular flexibility index (Phi) is 4.94. The van der Waals surface area contributed by atoms with Gasteiger partial charge in [-0.2, -0.15) is 5.26 Å². The van der Waals surface area contributed by atoms with Gasteiger partial charge in [-0.3, -0.25) is 0 Å². The summed E-state index contributed by atoms with van der Waals surface area (Å²) in [6.07, 6.45) is 0. The summed E-state index contributed by atoms with van der Waals surface area (Å²) < 4.78 is 50.3. The number of nitrogen functional groups attached to an aromatic ring is 1. The van der Waals surface area contributed by atoms with E-state index in [1.54, 1.807) is 0 Å². The number of halogens is 6. The van der Waals surface area contributed by atoms with Gasteiger partial charge >= 0.3 is 5.51 Å². The third-order valence-corrected chi connectivity index (χ3v) is 4.56. The van der Waals surface area contributed by atoms with Crippen LogP contribution in [0.3, 0.4) is 0 Å². The second-order valence-electron chi connectivity index (χ2n) is 4.02. The molecule has 1 aromatic heterocycles. The summed E-state index contributed by atoms with van der Waals surface area (Å²) in [5, 5.41) is 12.6. The Bertz CT molecular complexity index is 795. The van der Waals surface area contributed by atoms with E-state index in [9.17, 15) is 17.7 Å². The molecule has 2 rings (SSSR count). The first kappa shape index (κ1) is 18.0. The van der Waals surface area contributed by atoms with Crippen LogP contribution < -0.4 is 5.73 Å². The maximum atomic E-state index is 12.7. The SMILES string of the molecule is N#Cc1nn(-c2c(Cl)cc(Cl)cc2Cl)c(N)c1[S+]([O-])C(F)(F)F. The summed E-state index contributed by atoms with van der Waals surface area (Å²) in [6, 6.07) is 3.94. The summed E-state index contributed by atoms with van der Waals surface area (Å²) >= 11 is 14.1. The number of nitriles is 1. The average Bonchev–Trinajstić information content (AvgIpc) is 2.73. The molecule has 0 saturated carbocycles. The van der Waals surface area contributed by atoms with Crippen molar-refractivity contribution in [3.63, 3.8) is 0 Å². The number of anilines is 1. The molecule has 0 spiro atoms. The summed E-state index contributed by atoms with van der Waals surface area (Å²) in [5.41, 5.74) is -0.355. The van der Waals surface area contributed by atoms with Gasteiger partial charge < -0.3 is 10.3 Å². The fourth-order valence-corrected chi connectivity index (χ4v) is 3.44. The second kappa shape index (κ2) is 6.30. The van der Waals surface area contributed by atoms with Crippen molar-refractivity contribution in [1.82, 2.24) is 9.78 Å². The Morgan fingerprint density at radius 3 is 2.22 bits per heavy atom. The molecule has 2 aromatic rings. The normalized spacial score (nSPS) is 13.0. The van der Waals surface area contributed by atoms with Gasteiger partial charge in [0, 0.05) is 5.02 Å². The minimum Gasteiger partial charge on any atom is -0.604 e. The molecule has 1 atom stereocenters. The van der Waals surface area contributed by atoms with Crippen LogP contribution in [0.2, 0.25) is 15.1 Å². The first-order chi connectivity index (χ1) is 10.6. The molecule has 1 aromatic carbocycles. The topological polar surface area (TPSA) is 90.7 Å². The average molecular weight is 404 g/mol. The highest BCUT2D eigenvalue weighted by Crippen LogP contribution is 2.39. The standard InChI is InChI=1S/C11H4Cl3F3N4OS/c12-4-1-5(13)8(6(14)2-4)21-10(19)9(7(3-18)20-21)23(22)11(15,16)17/h1-2H,19H2. The van der Waals surface area contributed by atoms with E-state index in [4.69, 9.17) is 45.8 Å². The van der Waals surface area contributed by atoms with Gasteiger partial charge in [0.25, 0.3) is 0 Å². The molecule has 122 valence electrons. The van der Waals surface area contributed by atoms with Crippen molar-refractivity contribution in [1.29, 1.82) is 5.26 Å². The highest BCUT2D eigenvalue weighted by molar-refractivity contribution is 7.92. The fourth-order valence-electron chi connectivity index (χ4n) is 1.70. The first-order valence-electron chi connectivity index (χ1n) is 5.50. The minimum absolute atomic E-state index is 0.0643. The second-order valence-corrected chi connectivity index (χ2v) is 6.68. The molecule has 0 bridgehead atoms. The van der Waals surface area contributed by atoms with Gasteiger partial charge in [-0.25, -0.2) is 4.68 Å². The smallest absolute Gasteiger partial charge is 0.578 e. The van der Waals surface area contributed by atoms with Gasteiger partial charge in [-0.05, 0) is 12.1 Å². The molecule has 0 saturated heterocycles. The van der Waals surface area contributed by atoms with Crippen molar-refractivity contribution >= 4 is 51.8 Å². The van der Waals surface area contributed by atoms with Crippen LogP contribution in [0.5, 0.6) is 0 Å². The lowest BCUT2D eigenvalue weighted by molar-refractivity contribution is -0.0435. The van der Waals surface area contributed by atoms with Crippen LogP contribution in [0.15, 0.2) is 17.0 Å². The number of benzene rings is 1. The van der Waals surface area contributed by atoms with Gasteiger partial charge in [0.05, 0.1) is 10.0 Å². The molecule has 0 aliphatic rings. The quantitative estimate of drug-likeness (QED) is 0.770. The first-order valence-corrected chi connectivity index (χ1v) is 7.78. The zero-order chi connectivity index (χ0) is 17.5. The number of hydrogen-bond acceptors (Lipinski definition) is 4. The molecule has 0 amide bonds. The predicted octanol–water partition coefficient (Wildman–Crippen LogP) is 3.91. The number of nitrogens with two attached hydrogens (primary N) is 1. The molecular weight excluding hydrogens is 400 g/mol. The molecule has 12 heteroatoms. The maximum Gasteiger partial charge on any atom is 0.578 e. The molecule has 0 aliphatic heterocycles. The molecule has 23 heavy (non-hydrogen) atoms. The maximum absolute atomic E-state index is 12.7. The number of nitrogens with zero attached hydrogens (tertiary/aromatic N) is 3. The lowest BCUT2D eigenvalue weighted by atomic mass is 10.3. The van der Waals surface area contributed by atoms with E-state index in [2.05, 4.69) is 5.10 Å². The van der Waals surface area contributed by atoms with Crippen molar-refractivity contribution in [3.05, 3.63) is 32.9 Å². The van der Waals surface area contributed by atoms with Crippen molar-refractivity contribution in [3.8, 4) is 11.8 Å². The zero-order valence-electron chi connectivity index (χ0n) is 10.7. The molecule has 5 nitrogen and oxygen atoms in total. The summed E-state index contributed by atoms with van der Waals surface area (Å²) in [4.78, 5) is -0.956. The van der Waals surface area contributed by atoms with Gasteiger partial charge in [0.15, 0.2) is 5.82 Å². The molecule has 1 heterocycles. The van der Waals surface area contributed by atoms with E-state index in [1.165, 1.54) is 18.2 Å². The summed E-state index contributed by atoms with van der Waals surface area (Å²) in [7, 11) is 0. The highest BCUT2D eigenvalue weighted by Gasteiger charge is 2.50. The number of alkyl halides is 3. The lowest BCUT2D eigenvalue weighted by Crippen LogP contribution is -2.24. The Morgan fingerprint density at radius 1 is 1.26 bits per heavy atom. The van der Waals surface area contributed by atoms with Crippen LogP contribution in [0, 0.1) is 11.3 Å². The van der Waals surface area contributed by atoms with E-state index in [0.29, 0.717) is 0 Å². The van der Waals surface area contributed by atoms with Crippen molar-refractivity contribution in [2.75, 3.05) is 5.73 Å². The monoisotopic (exact) mass is 402 g/mol. The van der Waals surface area contributed by atoms with Crippen LogP contribution in [0.25, 0.3) is 5.69 Å². The third-order valence-electron chi connectivity index (χ3n) is 2.57. The van der Waals surface area contributed by atoms with Crippen LogP contribution in [0.4, 0.5) is 19.0 Å². The van der Waals surface area contributed by atoms with E-state index in [1.807, 2.05) is 0 Å². The van der Waals surface area contributed by atoms with Crippen LogP contribution >= 0.6 is 34.8 Å². The van der Waals surface area contributed by atoms with Crippen molar-refractivity contribution < 1.29 is 17.7 Å². The van der Waals surface area contributed by atoms with Crippen LogP contribution in [-0.4, -0.2) is 19.8 Å². The summed E-state index contributed by atoms with van der Waals surface area (Å²) in [5.74, 6) is -0.664. The van der Waals surface area contributed by atoms with Crippen LogP contribution in [0.1, 0.15) is 5.69 Å². The Labute approximate surface area is 145 Å². The van der Waals surface area contributed by atoms with Gasteiger partial charge in [-0.1, -0.05) is 34.8 Å². The Balaban J connectivity index is 2.74. The predicted molar refractivity (Wildman–Crippen MR) is 80.2 cm³/mol. The highest BCUT2D eigenvalue weighted by atomic mass is 35.5. The number of aromatic nitrogens is 2. The van der Waals surface area contributed by atoms with Gasteiger partial charge in [0.1, 0.15) is 22.9 Å². The molecule has 2 N–H and O–H groups in total. The zero-order valence-corrected chi connectivity index (χ0v) is 13.7. The Morgan fingerprint density at radius 2 is 1.78 bits per heavy atom. The molecular formula is C11H4Cl3F3N4OS. The molecule has 0 aliphatic carbocycles.